The number of nitrogens with one attached hydrogen (secondary N) is 1. The molecule has 3 aromatic carbocycles. The standard InChI is InChI=1S/C27H22BrClN4O/c1-33-15-23(21-10-18(28)5-8-26(21)33)25-12-22(20-11-19(29)6-7-24(20)32-25)27(34)31-14-17-4-2-3-16(9-17)13-30/h2-12,15H,13-14,30H2,1H3,(H,31,34). The van der Waals surface area contributed by atoms with Crippen LogP contribution in [0, 0.1) is 0 Å². The van der Waals surface area contributed by atoms with Crippen LogP contribution in [0.2, 0.25) is 5.02 Å². The average Bonchev–Trinajstić information content (AvgIpc) is 3.17. The van der Waals surface area contributed by atoms with Gasteiger partial charge in [-0.3, -0.25) is 4.79 Å². The molecule has 2 aromatic heterocycles. The monoisotopic (exact) mass is 532 g/mol. The Morgan fingerprint density at radius 1 is 1.06 bits per heavy atom. The van der Waals surface area contributed by atoms with E-state index >= 15 is 0 Å². The molecule has 2 heterocycles. The highest BCUT2D eigenvalue weighted by Crippen LogP contribution is 2.34. The van der Waals surface area contributed by atoms with Crippen LogP contribution in [0.25, 0.3) is 33.1 Å². The first-order chi connectivity index (χ1) is 16.4. The molecule has 5 aromatic rings. The van der Waals surface area contributed by atoms with Crippen LogP contribution in [0.1, 0.15) is 21.5 Å². The molecule has 0 bridgehead atoms. The first-order valence-electron chi connectivity index (χ1n) is 10.8. The number of nitrogens with zero attached hydrogens (tertiary/aromatic N) is 2. The Kier molecular flexibility index (Phi) is 6.13. The number of hydrogen-bond donors (Lipinski definition) is 2. The summed E-state index contributed by atoms with van der Waals surface area (Å²) in [7, 11) is 2.00. The number of hydrogen-bond acceptors (Lipinski definition) is 3. The van der Waals surface area contributed by atoms with Crippen molar-refractivity contribution in [1.29, 1.82) is 0 Å². The highest BCUT2D eigenvalue weighted by molar-refractivity contribution is 9.10. The van der Waals surface area contributed by atoms with Crippen LogP contribution in [0.15, 0.2) is 77.4 Å². The lowest BCUT2D eigenvalue weighted by Gasteiger charge is -2.11. The second-order valence-electron chi connectivity index (χ2n) is 8.24. The van der Waals surface area contributed by atoms with Gasteiger partial charge in [0.1, 0.15) is 0 Å². The minimum atomic E-state index is -0.185. The third-order valence-electron chi connectivity index (χ3n) is 5.92. The third kappa shape index (κ3) is 4.32. The van der Waals surface area contributed by atoms with Gasteiger partial charge in [0.2, 0.25) is 0 Å². The lowest BCUT2D eigenvalue weighted by molar-refractivity contribution is 0.0952. The summed E-state index contributed by atoms with van der Waals surface area (Å²) in [5.74, 6) is -0.185. The fourth-order valence-electron chi connectivity index (χ4n) is 4.24. The largest absolute Gasteiger partial charge is 0.350 e. The molecule has 0 atom stereocenters. The van der Waals surface area contributed by atoms with Crippen LogP contribution in [0.4, 0.5) is 0 Å². The van der Waals surface area contributed by atoms with Gasteiger partial charge in [0.15, 0.2) is 0 Å². The van der Waals surface area contributed by atoms with Crippen LogP contribution < -0.4 is 11.1 Å². The Hall–Kier alpha value is -3.19. The quantitative estimate of drug-likeness (QED) is 0.283. The Morgan fingerprint density at radius 3 is 2.71 bits per heavy atom. The summed E-state index contributed by atoms with van der Waals surface area (Å²) < 4.78 is 3.05. The molecule has 7 heteroatoms. The van der Waals surface area contributed by atoms with Crippen molar-refractivity contribution in [2.75, 3.05) is 0 Å². The van der Waals surface area contributed by atoms with E-state index in [0.29, 0.717) is 34.6 Å². The Bertz CT molecular complexity index is 1560. The van der Waals surface area contributed by atoms with E-state index in [1.165, 1.54) is 0 Å². The maximum absolute atomic E-state index is 13.4. The molecule has 0 aliphatic rings. The number of amides is 1. The zero-order valence-corrected chi connectivity index (χ0v) is 20.8. The van der Waals surface area contributed by atoms with Crippen LogP contribution >= 0.6 is 27.5 Å². The molecule has 0 aliphatic carbocycles. The van der Waals surface area contributed by atoms with Gasteiger partial charge in [-0.1, -0.05) is 51.8 Å². The highest BCUT2D eigenvalue weighted by atomic mass is 79.9. The Morgan fingerprint density at radius 2 is 1.88 bits per heavy atom. The number of pyridine rings is 1. The Balaban J connectivity index is 1.59. The van der Waals surface area contributed by atoms with E-state index in [0.717, 1.165) is 37.8 Å². The van der Waals surface area contributed by atoms with E-state index < -0.39 is 0 Å². The molecule has 0 saturated heterocycles. The maximum atomic E-state index is 13.4. The summed E-state index contributed by atoms with van der Waals surface area (Å²) in [6.07, 6.45) is 2.04. The molecule has 34 heavy (non-hydrogen) atoms. The molecule has 3 N–H and O–H groups in total. The third-order valence-corrected chi connectivity index (χ3v) is 6.65. The number of carbonyl (C=O) groups is 1. The van der Waals surface area contributed by atoms with Crippen LogP contribution in [0.5, 0.6) is 0 Å². The van der Waals surface area contributed by atoms with Gasteiger partial charge >= 0.3 is 0 Å². The van der Waals surface area contributed by atoms with Crippen molar-refractivity contribution in [2.24, 2.45) is 12.8 Å². The van der Waals surface area contributed by atoms with Crippen molar-refractivity contribution >= 4 is 55.2 Å². The number of nitrogens with two attached hydrogens (primary N) is 1. The molecule has 0 radical (unpaired) electrons. The second-order valence-corrected chi connectivity index (χ2v) is 9.59. The van der Waals surface area contributed by atoms with E-state index in [2.05, 4.69) is 37.9 Å². The highest BCUT2D eigenvalue weighted by Gasteiger charge is 2.17. The summed E-state index contributed by atoms with van der Waals surface area (Å²) in [5, 5.41) is 5.37. The molecule has 170 valence electrons. The first-order valence-corrected chi connectivity index (χ1v) is 12.0. The number of rotatable bonds is 5. The van der Waals surface area contributed by atoms with Crippen molar-refractivity contribution in [3.05, 3.63) is 99.1 Å². The molecule has 1 amide bonds. The summed E-state index contributed by atoms with van der Waals surface area (Å²) >= 11 is 9.85. The van der Waals surface area contributed by atoms with Gasteiger partial charge < -0.3 is 15.6 Å². The predicted octanol–water partition coefficient (Wildman–Crippen LogP) is 6.20. The number of benzene rings is 3. The van der Waals surface area contributed by atoms with Gasteiger partial charge in [-0.15, -0.1) is 0 Å². The zero-order valence-electron chi connectivity index (χ0n) is 18.5. The van der Waals surface area contributed by atoms with E-state index in [-0.39, 0.29) is 5.91 Å². The van der Waals surface area contributed by atoms with E-state index in [1.54, 1.807) is 12.1 Å². The minimum Gasteiger partial charge on any atom is -0.350 e. The van der Waals surface area contributed by atoms with Crippen LogP contribution in [0.3, 0.4) is 0 Å². The molecule has 5 rings (SSSR count). The number of halogens is 2. The smallest absolute Gasteiger partial charge is 0.252 e. The fraction of sp³-hybridized carbons (Fsp3) is 0.111. The van der Waals surface area contributed by atoms with Gasteiger partial charge in [0.05, 0.1) is 16.8 Å². The Labute approximate surface area is 210 Å². The lowest BCUT2D eigenvalue weighted by Crippen LogP contribution is -2.23. The normalized spacial score (nSPS) is 11.3. The molecular weight excluding hydrogens is 512 g/mol. The number of carbonyl (C=O) groups excluding carboxylic acids is 1. The van der Waals surface area contributed by atoms with Gasteiger partial charge in [0, 0.05) is 57.7 Å². The fourth-order valence-corrected chi connectivity index (χ4v) is 4.77. The number of aryl methyl sites for hydroxylation is 1. The minimum absolute atomic E-state index is 0.185. The van der Waals surface area contributed by atoms with Gasteiger partial charge in [-0.05, 0) is 53.6 Å². The second kappa shape index (κ2) is 9.22. The summed E-state index contributed by atoms with van der Waals surface area (Å²) in [6, 6.07) is 21.3. The average molecular weight is 534 g/mol. The number of fused-ring (bicyclic) bond motifs is 2. The zero-order chi connectivity index (χ0) is 23.8. The lowest BCUT2D eigenvalue weighted by atomic mass is 10.0. The molecular formula is C27H22BrClN4O. The van der Waals surface area contributed by atoms with Gasteiger partial charge in [0.25, 0.3) is 5.91 Å². The van der Waals surface area contributed by atoms with E-state index in [9.17, 15) is 4.79 Å². The maximum Gasteiger partial charge on any atom is 0.252 e. The van der Waals surface area contributed by atoms with Crippen LogP contribution in [-0.2, 0) is 20.1 Å². The molecule has 0 fully saturated rings. The molecule has 0 aliphatic heterocycles. The van der Waals surface area contributed by atoms with Crippen molar-refractivity contribution in [1.82, 2.24) is 14.9 Å². The van der Waals surface area contributed by atoms with Gasteiger partial charge in [-0.25, -0.2) is 4.98 Å². The molecule has 0 saturated carbocycles. The summed E-state index contributed by atoms with van der Waals surface area (Å²) in [5.41, 5.74) is 11.8. The number of aromatic nitrogens is 2. The summed E-state index contributed by atoms with van der Waals surface area (Å²) in [6.45, 7) is 0.855. The van der Waals surface area contributed by atoms with Crippen molar-refractivity contribution in [3.63, 3.8) is 0 Å². The predicted molar refractivity (Wildman–Crippen MR) is 142 cm³/mol. The van der Waals surface area contributed by atoms with Crippen molar-refractivity contribution < 1.29 is 4.79 Å². The molecule has 0 unspecified atom stereocenters. The SMILES string of the molecule is Cn1cc(-c2cc(C(=O)NCc3cccc(CN)c3)c3cc(Cl)ccc3n2)c2cc(Br)ccc21. The molecule has 5 nitrogen and oxygen atoms in total. The molecule has 0 spiro atoms. The van der Waals surface area contributed by atoms with E-state index in [1.807, 2.05) is 55.7 Å². The van der Waals surface area contributed by atoms with Crippen molar-refractivity contribution in [2.45, 2.75) is 13.1 Å². The van der Waals surface area contributed by atoms with Crippen LogP contribution in [-0.4, -0.2) is 15.5 Å². The van der Waals surface area contributed by atoms with Gasteiger partial charge in [-0.2, -0.15) is 0 Å². The summed E-state index contributed by atoms with van der Waals surface area (Å²) in [4.78, 5) is 18.3. The van der Waals surface area contributed by atoms with E-state index in [4.69, 9.17) is 22.3 Å². The first kappa shape index (κ1) is 22.6. The topological polar surface area (TPSA) is 72.9 Å². The van der Waals surface area contributed by atoms with Crippen molar-refractivity contribution in [3.8, 4) is 11.3 Å².